The fourth-order valence-electron chi connectivity index (χ4n) is 1.59. The van der Waals surface area contributed by atoms with E-state index in [4.69, 9.17) is 4.52 Å². The lowest BCUT2D eigenvalue weighted by Gasteiger charge is -1.96. The molecular formula is C12H12BrN3O. The highest BCUT2D eigenvalue weighted by atomic mass is 79.9. The topological polar surface area (TPSA) is 51.0 Å². The Kier molecular flexibility index (Phi) is 2.94. The normalized spacial score (nSPS) is 15.1. The van der Waals surface area contributed by atoms with Gasteiger partial charge in [0.2, 0.25) is 0 Å². The van der Waals surface area contributed by atoms with Gasteiger partial charge in [-0.15, -0.1) is 0 Å². The van der Waals surface area contributed by atoms with Crippen molar-refractivity contribution in [1.29, 1.82) is 0 Å². The van der Waals surface area contributed by atoms with Crippen LogP contribution in [0.5, 0.6) is 0 Å². The molecule has 0 amide bonds. The maximum atomic E-state index is 5.25. The molecule has 0 radical (unpaired) electrons. The molecule has 1 heterocycles. The van der Waals surface area contributed by atoms with E-state index < -0.39 is 0 Å². The summed E-state index contributed by atoms with van der Waals surface area (Å²) in [5.74, 6) is 1.27. The van der Waals surface area contributed by atoms with Crippen LogP contribution in [0.2, 0.25) is 0 Å². The molecule has 1 aliphatic rings. The second kappa shape index (κ2) is 4.58. The quantitative estimate of drug-likeness (QED) is 0.942. The molecule has 5 heteroatoms. The van der Waals surface area contributed by atoms with Gasteiger partial charge in [0, 0.05) is 10.5 Å². The summed E-state index contributed by atoms with van der Waals surface area (Å²) < 4.78 is 6.22. The van der Waals surface area contributed by atoms with Crippen LogP contribution < -0.4 is 5.32 Å². The molecule has 0 aliphatic heterocycles. The number of hydrogen-bond donors (Lipinski definition) is 1. The number of rotatable bonds is 4. The highest BCUT2D eigenvalue weighted by molar-refractivity contribution is 9.10. The molecule has 2 aromatic rings. The molecule has 4 nitrogen and oxygen atoms in total. The summed E-state index contributed by atoms with van der Waals surface area (Å²) in [6.45, 7) is 0.679. The van der Waals surface area contributed by atoms with Crippen LogP contribution in [0, 0.1) is 0 Å². The molecule has 1 aromatic heterocycles. The van der Waals surface area contributed by atoms with Gasteiger partial charge >= 0.3 is 0 Å². The van der Waals surface area contributed by atoms with Crippen molar-refractivity contribution in [1.82, 2.24) is 15.5 Å². The smallest absolute Gasteiger partial charge is 0.259 e. The molecule has 0 spiro atoms. The number of benzene rings is 1. The number of hydrogen-bond acceptors (Lipinski definition) is 4. The Labute approximate surface area is 108 Å². The Balaban J connectivity index is 1.77. The van der Waals surface area contributed by atoms with E-state index in [1.54, 1.807) is 0 Å². The fraction of sp³-hybridized carbons (Fsp3) is 0.333. The van der Waals surface area contributed by atoms with E-state index in [1.807, 2.05) is 24.3 Å². The molecule has 0 unspecified atom stereocenters. The Morgan fingerprint density at radius 3 is 2.94 bits per heavy atom. The van der Waals surface area contributed by atoms with E-state index in [0.717, 1.165) is 10.0 Å². The van der Waals surface area contributed by atoms with Gasteiger partial charge in [0.25, 0.3) is 5.89 Å². The van der Waals surface area contributed by atoms with Crippen LogP contribution in [-0.4, -0.2) is 16.2 Å². The summed E-state index contributed by atoms with van der Waals surface area (Å²) in [5.41, 5.74) is 0.928. The lowest BCUT2D eigenvalue weighted by atomic mass is 10.2. The van der Waals surface area contributed by atoms with Crippen molar-refractivity contribution < 1.29 is 4.52 Å². The minimum Gasteiger partial charge on any atom is -0.334 e. The third kappa shape index (κ3) is 2.56. The molecule has 1 aliphatic carbocycles. The molecule has 0 atom stereocenters. The second-order valence-corrected chi connectivity index (χ2v) is 5.01. The minimum atomic E-state index is 0.560. The highest BCUT2D eigenvalue weighted by Gasteiger charge is 2.21. The molecular weight excluding hydrogens is 282 g/mol. The standard InChI is InChI=1S/C12H12BrN3O/c13-10-4-2-1-3-9(10)12-15-11(16-17-12)7-14-8-5-6-8/h1-4,8,14H,5-7H2. The number of aromatic nitrogens is 2. The fourth-order valence-corrected chi connectivity index (χ4v) is 2.05. The predicted octanol–water partition coefficient (Wildman–Crippen LogP) is 2.75. The first-order valence-electron chi connectivity index (χ1n) is 5.64. The average Bonchev–Trinajstić information content (AvgIpc) is 3.06. The minimum absolute atomic E-state index is 0.560. The number of halogens is 1. The van der Waals surface area contributed by atoms with E-state index in [2.05, 4.69) is 31.4 Å². The van der Waals surface area contributed by atoms with Crippen LogP contribution in [0.3, 0.4) is 0 Å². The Bertz CT molecular complexity index is 522. The van der Waals surface area contributed by atoms with E-state index in [0.29, 0.717) is 24.3 Å². The molecule has 88 valence electrons. The van der Waals surface area contributed by atoms with Gasteiger partial charge < -0.3 is 9.84 Å². The largest absolute Gasteiger partial charge is 0.334 e. The van der Waals surface area contributed by atoms with Crippen molar-refractivity contribution in [3.63, 3.8) is 0 Å². The third-order valence-corrected chi connectivity index (χ3v) is 3.39. The van der Waals surface area contributed by atoms with Crippen molar-refractivity contribution >= 4 is 15.9 Å². The molecule has 17 heavy (non-hydrogen) atoms. The number of nitrogens with zero attached hydrogens (tertiary/aromatic N) is 2. The monoisotopic (exact) mass is 293 g/mol. The summed E-state index contributed by atoms with van der Waals surface area (Å²) in [6, 6.07) is 8.48. The maximum absolute atomic E-state index is 5.25. The zero-order chi connectivity index (χ0) is 11.7. The average molecular weight is 294 g/mol. The van der Waals surface area contributed by atoms with Crippen molar-refractivity contribution in [2.24, 2.45) is 0 Å². The van der Waals surface area contributed by atoms with E-state index >= 15 is 0 Å². The zero-order valence-corrected chi connectivity index (χ0v) is 10.8. The van der Waals surface area contributed by atoms with E-state index in [1.165, 1.54) is 12.8 Å². The van der Waals surface area contributed by atoms with E-state index in [-0.39, 0.29) is 0 Å². The molecule has 0 saturated heterocycles. The predicted molar refractivity (Wildman–Crippen MR) is 67.3 cm³/mol. The van der Waals surface area contributed by atoms with E-state index in [9.17, 15) is 0 Å². The summed E-state index contributed by atoms with van der Waals surface area (Å²) in [4.78, 5) is 4.37. The Hall–Kier alpha value is -1.20. The molecule has 1 fully saturated rings. The van der Waals surface area contributed by atoms with Crippen LogP contribution in [0.25, 0.3) is 11.5 Å². The van der Waals surface area contributed by atoms with Crippen molar-refractivity contribution in [2.75, 3.05) is 0 Å². The molecule has 0 bridgehead atoms. The zero-order valence-electron chi connectivity index (χ0n) is 9.19. The van der Waals surface area contributed by atoms with Crippen LogP contribution in [-0.2, 0) is 6.54 Å². The van der Waals surface area contributed by atoms with Gasteiger partial charge in [0.05, 0.1) is 12.1 Å². The summed E-state index contributed by atoms with van der Waals surface area (Å²) >= 11 is 3.47. The summed E-state index contributed by atoms with van der Waals surface area (Å²) in [7, 11) is 0. The van der Waals surface area contributed by atoms with Gasteiger partial charge in [-0.1, -0.05) is 17.3 Å². The maximum Gasteiger partial charge on any atom is 0.259 e. The van der Waals surface area contributed by atoms with Crippen LogP contribution in [0.1, 0.15) is 18.7 Å². The first-order chi connectivity index (χ1) is 8.33. The lowest BCUT2D eigenvalue weighted by Crippen LogP contribution is -2.16. The van der Waals surface area contributed by atoms with Gasteiger partial charge in [0.1, 0.15) is 0 Å². The van der Waals surface area contributed by atoms with Gasteiger partial charge in [-0.2, -0.15) is 4.98 Å². The number of nitrogens with one attached hydrogen (secondary N) is 1. The second-order valence-electron chi connectivity index (χ2n) is 4.15. The van der Waals surface area contributed by atoms with Crippen LogP contribution >= 0.6 is 15.9 Å². The van der Waals surface area contributed by atoms with Gasteiger partial charge in [-0.25, -0.2) is 0 Å². The SMILES string of the molecule is Brc1ccccc1-c1nc(CNC2CC2)no1. The van der Waals surface area contributed by atoms with Crippen molar-refractivity contribution in [3.8, 4) is 11.5 Å². The van der Waals surface area contributed by atoms with Crippen molar-refractivity contribution in [2.45, 2.75) is 25.4 Å². The first kappa shape index (κ1) is 10.9. The first-order valence-corrected chi connectivity index (χ1v) is 6.43. The Morgan fingerprint density at radius 1 is 1.35 bits per heavy atom. The molecule has 1 saturated carbocycles. The lowest BCUT2D eigenvalue weighted by molar-refractivity contribution is 0.419. The summed E-state index contributed by atoms with van der Waals surface area (Å²) in [6.07, 6.45) is 2.52. The summed E-state index contributed by atoms with van der Waals surface area (Å²) in [5, 5.41) is 7.32. The van der Waals surface area contributed by atoms with Gasteiger partial charge in [-0.05, 0) is 40.9 Å². The molecule has 1 aromatic carbocycles. The third-order valence-electron chi connectivity index (χ3n) is 2.70. The highest BCUT2D eigenvalue weighted by Crippen LogP contribution is 2.26. The van der Waals surface area contributed by atoms with Gasteiger partial charge in [-0.3, -0.25) is 0 Å². The van der Waals surface area contributed by atoms with Crippen LogP contribution in [0.15, 0.2) is 33.3 Å². The Morgan fingerprint density at radius 2 is 2.18 bits per heavy atom. The van der Waals surface area contributed by atoms with Crippen molar-refractivity contribution in [3.05, 3.63) is 34.6 Å². The van der Waals surface area contributed by atoms with Crippen LogP contribution in [0.4, 0.5) is 0 Å². The molecule has 1 N–H and O–H groups in total. The molecule has 3 rings (SSSR count). The van der Waals surface area contributed by atoms with Gasteiger partial charge in [0.15, 0.2) is 5.82 Å².